The van der Waals surface area contributed by atoms with Crippen LogP contribution in [0.25, 0.3) is 0 Å². The fourth-order valence-electron chi connectivity index (χ4n) is 3.43. The Bertz CT molecular complexity index is 782. The maximum Gasteiger partial charge on any atom is 0.338 e. The molecule has 0 spiro atoms. The van der Waals surface area contributed by atoms with Crippen molar-refractivity contribution in [3.05, 3.63) is 71.8 Å². The number of methoxy groups -OCH3 is 1. The van der Waals surface area contributed by atoms with Crippen LogP contribution < -0.4 is 0 Å². The van der Waals surface area contributed by atoms with Crippen molar-refractivity contribution in [2.45, 2.75) is 37.0 Å². The van der Waals surface area contributed by atoms with E-state index in [2.05, 4.69) is 0 Å². The molecule has 7 heteroatoms. The molecule has 0 amide bonds. The van der Waals surface area contributed by atoms with Crippen LogP contribution >= 0.6 is 0 Å². The van der Waals surface area contributed by atoms with Gasteiger partial charge < -0.3 is 28.8 Å². The first-order valence-corrected chi connectivity index (χ1v) is 9.11. The summed E-state index contributed by atoms with van der Waals surface area (Å²) < 4.78 is 28.4. The molecule has 2 saturated heterocycles. The van der Waals surface area contributed by atoms with E-state index in [4.69, 9.17) is 23.7 Å². The van der Waals surface area contributed by atoms with Gasteiger partial charge in [-0.25, -0.2) is 4.79 Å². The van der Waals surface area contributed by atoms with Crippen LogP contribution in [0.5, 0.6) is 0 Å². The number of benzene rings is 2. The lowest BCUT2D eigenvalue weighted by Crippen LogP contribution is -2.63. The molecule has 0 aromatic heterocycles. The predicted octanol–water partition coefficient (Wildman–Crippen LogP) is 2.06. The van der Waals surface area contributed by atoms with Crippen molar-refractivity contribution >= 4 is 5.97 Å². The summed E-state index contributed by atoms with van der Waals surface area (Å²) >= 11 is 0. The van der Waals surface area contributed by atoms with E-state index in [1.54, 1.807) is 30.3 Å². The van der Waals surface area contributed by atoms with Gasteiger partial charge in [-0.2, -0.15) is 0 Å². The molecule has 148 valence electrons. The summed E-state index contributed by atoms with van der Waals surface area (Å²) in [6.45, 7) is 0.223. The maximum atomic E-state index is 12.5. The number of fused-ring (bicyclic) bond motifs is 1. The summed E-state index contributed by atoms with van der Waals surface area (Å²) in [7, 11) is 1.43. The minimum absolute atomic E-state index is 0.223. The molecule has 28 heavy (non-hydrogen) atoms. The quantitative estimate of drug-likeness (QED) is 0.806. The van der Waals surface area contributed by atoms with E-state index in [0.29, 0.717) is 5.56 Å². The van der Waals surface area contributed by atoms with E-state index < -0.39 is 43.0 Å². The van der Waals surface area contributed by atoms with Crippen molar-refractivity contribution in [2.75, 3.05) is 13.7 Å². The van der Waals surface area contributed by atoms with Crippen molar-refractivity contribution in [1.29, 1.82) is 0 Å². The van der Waals surface area contributed by atoms with E-state index in [1.165, 1.54) is 7.11 Å². The molecule has 2 fully saturated rings. The van der Waals surface area contributed by atoms with Crippen molar-refractivity contribution in [1.82, 2.24) is 0 Å². The van der Waals surface area contributed by atoms with Crippen molar-refractivity contribution in [2.24, 2.45) is 0 Å². The molecule has 3 unspecified atom stereocenters. The monoisotopic (exact) mass is 386 g/mol. The Morgan fingerprint density at radius 1 is 1.04 bits per heavy atom. The van der Waals surface area contributed by atoms with Gasteiger partial charge in [-0.3, -0.25) is 0 Å². The maximum absolute atomic E-state index is 12.5. The van der Waals surface area contributed by atoms with Gasteiger partial charge in [-0.1, -0.05) is 48.5 Å². The van der Waals surface area contributed by atoms with Gasteiger partial charge in [0.05, 0.1) is 12.2 Å². The average Bonchev–Trinajstić information content (AvgIpc) is 2.76. The van der Waals surface area contributed by atoms with E-state index in [-0.39, 0.29) is 6.61 Å². The van der Waals surface area contributed by atoms with Gasteiger partial charge in [0.1, 0.15) is 18.3 Å². The minimum atomic E-state index is -1.13. The number of aliphatic hydroxyl groups excluding tert-OH is 1. The summed E-state index contributed by atoms with van der Waals surface area (Å²) in [4.78, 5) is 12.5. The number of aliphatic hydroxyl groups is 1. The molecular formula is C21H22O7. The number of carbonyl (C=O) groups is 1. The number of esters is 1. The fourth-order valence-corrected chi connectivity index (χ4v) is 3.43. The second-order valence-electron chi connectivity index (χ2n) is 6.68. The van der Waals surface area contributed by atoms with Crippen molar-refractivity contribution < 1.29 is 33.6 Å². The first kappa shape index (κ1) is 19.0. The first-order chi connectivity index (χ1) is 13.7. The highest BCUT2D eigenvalue weighted by atomic mass is 16.8. The van der Waals surface area contributed by atoms with Crippen molar-refractivity contribution in [3.63, 3.8) is 0 Å². The standard InChI is InChI=1S/C21H22O7/c1-24-21-18(27-19(23)13-8-4-2-5-9-13)16(22)17-15(26-21)12-25-20(28-17)14-10-6-3-7-11-14/h2-11,15-18,20-22H,12H2,1H3/t15?,16-,17-,18?,20?,21-/m0/s1. The van der Waals surface area contributed by atoms with Crippen LogP contribution in [0.1, 0.15) is 22.2 Å². The average molecular weight is 386 g/mol. The van der Waals surface area contributed by atoms with Crippen LogP contribution in [-0.2, 0) is 23.7 Å². The number of carbonyl (C=O) groups excluding carboxylic acids is 1. The smallest absolute Gasteiger partial charge is 0.338 e. The third-order valence-corrected chi connectivity index (χ3v) is 4.87. The zero-order chi connectivity index (χ0) is 19.5. The summed E-state index contributed by atoms with van der Waals surface area (Å²) in [5.74, 6) is -0.569. The molecule has 0 radical (unpaired) electrons. The lowest BCUT2D eigenvalue weighted by molar-refractivity contribution is -0.357. The Labute approximate surface area is 162 Å². The van der Waals surface area contributed by atoms with E-state index in [9.17, 15) is 9.90 Å². The third-order valence-electron chi connectivity index (χ3n) is 4.87. The molecule has 0 aliphatic carbocycles. The molecule has 2 aromatic carbocycles. The number of hydrogen-bond donors (Lipinski definition) is 1. The molecule has 0 saturated carbocycles. The fraction of sp³-hybridized carbons (Fsp3) is 0.381. The molecule has 2 aliphatic rings. The van der Waals surface area contributed by atoms with Gasteiger partial charge in [-0.05, 0) is 12.1 Å². The predicted molar refractivity (Wildman–Crippen MR) is 97.3 cm³/mol. The lowest BCUT2D eigenvalue weighted by atomic mass is 9.97. The van der Waals surface area contributed by atoms with Crippen LogP contribution in [0.2, 0.25) is 0 Å². The van der Waals surface area contributed by atoms with Crippen LogP contribution in [0.3, 0.4) is 0 Å². The van der Waals surface area contributed by atoms with Crippen LogP contribution in [0.15, 0.2) is 60.7 Å². The van der Waals surface area contributed by atoms with Crippen LogP contribution in [0.4, 0.5) is 0 Å². The van der Waals surface area contributed by atoms with E-state index >= 15 is 0 Å². The van der Waals surface area contributed by atoms with Gasteiger partial charge in [-0.15, -0.1) is 0 Å². The van der Waals surface area contributed by atoms with Gasteiger partial charge in [0.15, 0.2) is 18.7 Å². The zero-order valence-corrected chi connectivity index (χ0v) is 15.3. The van der Waals surface area contributed by atoms with E-state index in [1.807, 2.05) is 30.3 Å². The highest BCUT2D eigenvalue weighted by Gasteiger charge is 2.51. The SMILES string of the molecule is CO[C@H]1OC2COC(c3ccccc3)O[C@@H]2[C@H](O)C1OC(=O)c1ccccc1. The number of rotatable bonds is 4. The molecule has 2 heterocycles. The van der Waals surface area contributed by atoms with Gasteiger partial charge in [0.2, 0.25) is 0 Å². The van der Waals surface area contributed by atoms with E-state index in [0.717, 1.165) is 5.56 Å². The number of hydrogen-bond acceptors (Lipinski definition) is 7. The molecular weight excluding hydrogens is 364 g/mol. The third kappa shape index (κ3) is 3.80. The van der Waals surface area contributed by atoms with Crippen molar-refractivity contribution in [3.8, 4) is 0 Å². The highest BCUT2D eigenvalue weighted by molar-refractivity contribution is 5.89. The summed E-state index contributed by atoms with van der Waals surface area (Å²) in [5, 5.41) is 10.9. The lowest BCUT2D eigenvalue weighted by Gasteiger charge is -2.46. The molecule has 4 rings (SSSR count). The molecule has 7 nitrogen and oxygen atoms in total. The Hall–Kier alpha value is -2.29. The molecule has 2 aromatic rings. The van der Waals surface area contributed by atoms with Crippen LogP contribution in [-0.4, -0.2) is 55.5 Å². The topological polar surface area (TPSA) is 83.5 Å². The van der Waals surface area contributed by atoms with Gasteiger partial charge in [0, 0.05) is 12.7 Å². The highest BCUT2D eigenvalue weighted by Crippen LogP contribution is 2.35. The molecule has 2 aliphatic heterocycles. The Kier molecular flexibility index (Phi) is 5.70. The molecule has 1 N–H and O–H groups in total. The summed E-state index contributed by atoms with van der Waals surface area (Å²) in [5.41, 5.74) is 1.21. The van der Waals surface area contributed by atoms with Gasteiger partial charge in [0.25, 0.3) is 0 Å². The summed E-state index contributed by atoms with van der Waals surface area (Å²) in [6, 6.07) is 18.0. The second-order valence-corrected chi connectivity index (χ2v) is 6.68. The largest absolute Gasteiger partial charge is 0.450 e. The molecule has 0 bridgehead atoms. The van der Waals surface area contributed by atoms with Crippen LogP contribution in [0, 0.1) is 0 Å². The second kappa shape index (κ2) is 8.38. The minimum Gasteiger partial charge on any atom is -0.450 e. The Morgan fingerprint density at radius 3 is 2.39 bits per heavy atom. The summed E-state index contributed by atoms with van der Waals surface area (Å²) in [6.07, 6.45) is -4.99. The Balaban J connectivity index is 1.50. The Morgan fingerprint density at radius 2 is 1.71 bits per heavy atom. The zero-order valence-electron chi connectivity index (χ0n) is 15.3. The first-order valence-electron chi connectivity index (χ1n) is 9.11. The normalized spacial score (nSPS) is 32.4. The number of ether oxygens (including phenoxy) is 5. The van der Waals surface area contributed by atoms with Gasteiger partial charge >= 0.3 is 5.97 Å². The molecule has 6 atom stereocenters.